The molecule has 1 heteroatoms. The lowest BCUT2D eigenvalue weighted by Gasteiger charge is -2.08. The van der Waals surface area contributed by atoms with Crippen LogP contribution in [0.5, 0.6) is 0 Å². The van der Waals surface area contributed by atoms with Crippen LogP contribution in [0.1, 0.15) is 25.0 Å². The third kappa shape index (κ3) is 3.92. The average Bonchev–Trinajstić information content (AvgIpc) is 2.49. The van der Waals surface area contributed by atoms with Crippen molar-refractivity contribution in [1.82, 2.24) is 4.98 Å². The Balaban J connectivity index is 0.000000861. The molecule has 0 aliphatic carbocycles. The van der Waals surface area contributed by atoms with Crippen LogP contribution in [-0.2, 0) is 0 Å². The van der Waals surface area contributed by atoms with Gasteiger partial charge in [-0.15, -0.1) is 0 Å². The number of hydrogen-bond acceptors (Lipinski definition) is 1. The van der Waals surface area contributed by atoms with Crippen molar-refractivity contribution in [2.75, 3.05) is 0 Å². The Morgan fingerprint density at radius 3 is 2.47 bits per heavy atom. The van der Waals surface area contributed by atoms with E-state index in [1.165, 1.54) is 11.1 Å². The highest BCUT2D eigenvalue weighted by molar-refractivity contribution is 5.75. The first-order valence-electron chi connectivity index (χ1n) is 6.63. The fourth-order valence-electron chi connectivity index (χ4n) is 1.81. The number of allylic oxidation sites excluding steroid dienone is 2. The lowest BCUT2D eigenvalue weighted by atomic mass is 9.98. The van der Waals surface area contributed by atoms with Gasteiger partial charge >= 0.3 is 0 Å². The van der Waals surface area contributed by atoms with Crippen molar-refractivity contribution in [3.05, 3.63) is 72.5 Å². The predicted molar refractivity (Wildman–Crippen MR) is 85.0 cm³/mol. The highest BCUT2D eigenvalue weighted by atomic mass is 14.7. The largest absolute Gasteiger partial charge is 0.256 e. The van der Waals surface area contributed by atoms with Crippen molar-refractivity contribution in [2.24, 2.45) is 0 Å². The van der Waals surface area contributed by atoms with E-state index in [1.807, 2.05) is 44.3 Å². The molecule has 0 saturated heterocycles. The normalized spacial score (nSPS) is 9.84. The summed E-state index contributed by atoms with van der Waals surface area (Å²) >= 11 is 0. The van der Waals surface area contributed by atoms with E-state index in [2.05, 4.69) is 42.8 Å². The second-order valence-electron chi connectivity index (χ2n) is 3.85. The molecule has 1 heterocycles. The molecule has 0 atom stereocenters. The molecule has 2 rings (SSSR count). The van der Waals surface area contributed by atoms with Gasteiger partial charge in [-0.05, 0) is 30.2 Å². The van der Waals surface area contributed by atoms with Gasteiger partial charge in [0.25, 0.3) is 0 Å². The second-order valence-corrected chi connectivity index (χ2v) is 3.85. The number of pyridine rings is 1. The molecule has 0 fully saturated rings. The van der Waals surface area contributed by atoms with Crippen LogP contribution in [0.3, 0.4) is 0 Å². The molecule has 1 nitrogen and oxygen atoms in total. The van der Waals surface area contributed by atoms with E-state index in [-0.39, 0.29) is 0 Å². The van der Waals surface area contributed by atoms with E-state index < -0.39 is 0 Å². The van der Waals surface area contributed by atoms with Gasteiger partial charge in [-0.25, -0.2) is 0 Å². The van der Waals surface area contributed by atoms with Crippen LogP contribution in [0, 0.1) is 6.92 Å². The molecule has 19 heavy (non-hydrogen) atoms. The molecule has 1 aromatic heterocycles. The van der Waals surface area contributed by atoms with Crippen LogP contribution < -0.4 is 0 Å². The van der Waals surface area contributed by atoms with Gasteiger partial charge < -0.3 is 0 Å². The van der Waals surface area contributed by atoms with E-state index in [0.717, 1.165) is 11.3 Å². The lowest BCUT2D eigenvalue weighted by Crippen LogP contribution is -1.89. The van der Waals surface area contributed by atoms with E-state index in [0.29, 0.717) is 0 Å². The summed E-state index contributed by atoms with van der Waals surface area (Å²) in [6.07, 6.45) is 7.63. The Kier molecular flexibility index (Phi) is 6.31. The van der Waals surface area contributed by atoms with Crippen LogP contribution in [0.15, 0.2) is 61.3 Å². The van der Waals surface area contributed by atoms with Crippen LogP contribution in [0.2, 0.25) is 0 Å². The molecule has 0 radical (unpaired) electrons. The van der Waals surface area contributed by atoms with Crippen molar-refractivity contribution in [2.45, 2.75) is 20.8 Å². The van der Waals surface area contributed by atoms with E-state index in [1.54, 1.807) is 6.08 Å². The molecule has 2 aromatic rings. The maximum absolute atomic E-state index is 4.40. The molecule has 0 aliphatic heterocycles. The van der Waals surface area contributed by atoms with Crippen LogP contribution in [0.4, 0.5) is 0 Å². The number of rotatable bonds is 3. The van der Waals surface area contributed by atoms with Crippen molar-refractivity contribution in [3.8, 4) is 11.3 Å². The number of aryl methyl sites for hydroxylation is 1. The number of aromatic nitrogens is 1. The third-order valence-electron chi connectivity index (χ3n) is 2.66. The summed E-state index contributed by atoms with van der Waals surface area (Å²) < 4.78 is 0. The van der Waals surface area contributed by atoms with Crippen LogP contribution in [-0.4, -0.2) is 4.98 Å². The highest BCUT2D eigenvalue weighted by Gasteiger charge is 2.05. The first kappa shape index (κ1) is 14.9. The Labute approximate surface area is 116 Å². The van der Waals surface area contributed by atoms with Crippen molar-refractivity contribution < 1.29 is 0 Å². The van der Waals surface area contributed by atoms with Gasteiger partial charge in [-0.1, -0.05) is 62.9 Å². The summed E-state index contributed by atoms with van der Waals surface area (Å²) in [6.45, 7) is 9.81. The fourth-order valence-corrected chi connectivity index (χ4v) is 1.81. The van der Waals surface area contributed by atoms with Crippen molar-refractivity contribution >= 4 is 6.08 Å². The summed E-state index contributed by atoms with van der Waals surface area (Å²) in [5.41, 5.74) is 4.60. The predicted octanol–water partition coefficient (Wildman–Crippen LogP) is 5.28. The van der Waals surface area contributed by atoms with Crippen LogP contribution in [0.25, 0.3) is 17.3 Å². The van der Waals surface area contributed by atoms with Gasteiger partial charge in [-0.3, -0.25) is 4.98 Å². The minimum absolute atomic E-state index is 1.000. The second kappa shape index (κ2) is 8.04. The third-order valence-corrected chi connectivity index (χ3v) is 2.66. The summed E-state index contributed by atoms with van der Waals surface area (Å²) in [6, 6.07) is 12.2. The van der Waals surface area contributed by atoms with E-state index in [4.69, 9.17) is 0 Å². The zero-order chi connectivity index (χ0) is 14.1. The average molecular weight is 251 g/mol. The van der Waals surface area contributed by atoms with Gasteiger partial charge in [0.15, 0.2) is 0 Å². The van der Waals surface area contributed by atoms with Gasteiger partial charge in [0.1, 0.15) is 0 Å². The first-order chi connectivity index (χ1) is 9.33. The molecule has 0 aliphatic rings. The fraction of sp³-hybridized carbons (Fsp3) is 0.167. The molecule has 0 bridgehead atoms. The molecule has 0 spiro atoms. The topological polar surface area (TPSA) is 12.9 Å². The minimum Gasteiger partial charge on any atom is -0.256 e. The molecule has 98 valence electrons. The SMILES string of the molecule is C=C/C=C\c1c(C)cccc1-c1ccccn1.CC. The lowest BCUT2D eigenvalue weighted by molar-refractivity contribution is 1.31. The molecular weight excluding hydrogens is 230 g/mol. The standard InChI is InChI=1S/C16H15N.C2H6/c1-3-4-9-14-13(2)8-7-10-15(14)16-11-5-6-12-17-16;1-2/h3-12H,1H2,2H3;1-2H3/b9-4-;. The Bertz CT molecular complexity index is 539. The zero-order valence-corrected chi connectivity index (χ0v) is 11.9. The monoisotopic (exact) mass is 251 g/mol. The Morgan fingerprint density at radius 1 is 1.05 bits per heavy atom. The van der Waals surface area contributed by atoms with E-state index in [9.17, 15) is 0 Å². The Morgan fingerprint density at radius 2 is 1.84 bits per heavy atom. The maximum atomic E-state index is 4.40. The molecule has 0 N–H and O–H groups in total. The minimum atomic E-state index is 1.000. The highest BCUT2D eigenvalue weighted by Crippen LogP contribution is 2.25. The van der Waals surface area contributed by atoms with Crippen LogP contribution >= 0.6 is 0 Å². The number of nitrogens with zero attached hydrogens (tertiary/aromatic N) is 1. The summed E-state index contributed by atoms with van der Waals surface area (Å²) in [5, 5.41) is 0. The van der Waals surface area contributed by atoms with Gasteiger partial charge in [0.2, 0.25) is 0 Å². The van der Waals surface area contributed by atoms with Crippen molar-refractivity contribution in [3.63, 3.8) is 0 Å². The number of benzene rings is 1. The molecular formula is C18H21N. The summed E-state index contributed by atoms with van der Waals surface area (Å²) in [4.78, 5) is 4.40. The smallest absolute Gasteiger partial charge is 0.0708 e. The molecule has 0 amide bonds. The summed E-state index contributed by atoms with van der Waals surface area (Å²) in [5.74, 6) is 0. The molecule has 0 unspecified atom stereocenters. The first-order valence-corrected chi connectivity index (χ1v) is 6.63. The van der Waals surface area contributed by atoms with E-state index >= 15 is 0 Å². The zero-order valence-electron chi connectivity index (χ0n) is 11.9. The number of hydrogen-bond donors (Lipinski definition) is 0. The van der Waals surface area contributed by atoms with Gasteiger partial charge in [0.05, 0.1) is 5.69 Å². The Hall–Kier alpha value is -2.15. The van der Waals surface area contributed by atoms with Gasteiger partial charge in [-0.2, -0.15) is 0 Å². The van der Waals surface area contributed by atoms with Gasteiger partial charge in [0, 0.05) is 11.8 Å². The van der Waals surface area contributed by atoms with Crippen molar-refractivity contribution in [1.29, 1.82) is 0 Å². The maximum Gasteiger partial charge on any atom is 0.0708 e. The molecule has 1 aromatic carbocycles. The quantitative estimate of drug-likeness (QED) is 0.676. The molecule has 0 saturated carbocycles. The summed E-state index contributed by atoms with van der Waals surface area (Å²) in [7, 11) is 0.